The van der Waals surface area contributed by atoms with Crippen molar-refractivity contribution in [1.82, 2.24) is 15.1 Å². The second-order valence-electron chi connectivity index (χ2n) is 6.40. The zero-order chi connectivity index (χ0) is 16.0. The molecular weight excluding hydrogens is 296 g/mol. The van der Waals surface area contributed by atoms with Gasteiger partial charge >= 0.3 is 5.97 Å². The summed E-state index contributed by atoms with van der Waals surface area (Å²) in [6, 6.07) is 3.78. The lowest BCUT2D eigenvalue weighted by Gasteiger charge is -2.17. The van der Waals surface area contributed by atoms with Gasteiger partial charge in [0.15, 0.2) is 5.82 Å². The highest BCUT2D eigenvalue weighted by molar-refractivity contribution is 5.72. The summed E-state index contributed by atoms with van der Waals surface area (Å²) in [5, 5.41) is 13.2. The fourth-order valence-electron chi connectivity index (χ4n) is 3.39. The lowest BCUT2D eigenvalue weighted by molar-refractivity contribution is -0.142. The van der Waals surface area contributed by atoms with Crippen molar-refractivity contribution in [3.63, 3.8) is 0 Å². The predicted octanol–water partition coefficient (Wildman–Crippen LogP) is 1.99. The summed E-state index contributed by atoms with van der Waals surface area (Å²) in [5.74, 6) is 1.67. The van der Waals surface area contributed by atoms with E-state index < -0.39 is 5.97 Å². The van der Waals surface area contributed by atoms with Gasteiger partial charge in [0.05, 0.1) is 11.5 Å². The summed E-state index contributed by atoms with van der Waals surface area (Å²) in [6.45, 7) is 3.07. The molecule has 1 saturated carbocycles. The molecule has 0 aromatic carbocycles. The molecular formula is C16H18N4O3. The fraction of sp³-hybridized carbons (Fsp3) is 0.500. The number of carboxylic acid groups (broad SMARTS) is 1. The van der Waals surface area contributed by atoms with Crippen molar-refractivity contribution in [3.05, 3.63) is 24.2 Å². The van der Waals surface area contributed by atoms with E-state index in [0.29, 0.717) is 24.2 Å². The van der Waals surface area contributed by atoms with Gasteiger partial charge in [0.2, 0.25) is 0 Å². The lowest BCUT2D eigenvalue weighted by Crippen LogP contribution is -2.24. The number of nitrogens with zero attached hydrogens (tertiary/aromatic N) is 4. The van der Waals surface area contributed by atoms with E-state index in [-0.39, 0.29) is 11.8 Å². The van der Waals surface area contributed by atoms with Crippen LogP contribution in [0, 0.1) is 24.7 Å². The van der Waals surface area contributed by atoms with Crippen molar-refractivity contribution in [1.29, 1.82) is 0 Å². The minimum Gasteiger partial charge on any atom is -0.481 e. The third kappa shape index (κ3) is 2.67. The number of aliphatic carboxylic acids is 1. The molecule has 1 saturated heterocycles. The molecule has 1 aliphatic heterocycles. The van der Waals surface area contributed by atoms with Crippen LogP contribution in [0.1, 0.15) is 18.7 Å². The van der Waals surface area contributed by atoms with Gasteiger partial charge in [0, 0.05) is 19.3 Å². The number of pyridine rings is 1. The molecule has 2 aromatic rings. The first-order valence-electron chi connectivity index (χ1n) is 7.86. The molecule has 2 fully saturated rings. The number of carbonyl (C=O) groups is 1. The molecule has 23 heavy (non-hydrogen) atoms. The quantitative estimate of drug-likeness (QED) is 0.922. The van der Waals surface area contributed by atoms with Crippen molar-refractivity contribution in [3.8, 4) is 11.5 Å². The Bertz CT molecular complexity index is 723. The van der Waals surface area contributed by atoms with E-state index in [1.54, 1.807) is 13.1 Å². The molecule has 0 unspecified atom stereocenters. The van der Waals surface area contributed by atoms with Crippen LogP contribution in [0.2, 0.25) is 0 Å². The standard InChI is InChI=1S/C16H18N4O3/c1-9-18-15(23-19-9)11-4-5-14(17-6-11)20-7-12(10-2-3-10)13(8-20)16(21)22/h4-6,10,12-13H,2-3,7-8H2,1H3,(H,21,22)/t12-,13+/m0/s1. The number of rotatable bonds is 4. The van der Waals surface area contributed by atoms with Gasteiger partial charge in [-0.15, -0.1) is 0 Å². The maximum Gasteiger partial charge on any atom is 0.308 e. The number of hydrogen-bond donors (Lipinski definition) is 1. The normalized spacial score (nSPS) is 24.1. The zero-order valence-electron chi connectivity index (χ0n) is 12.8. The van der Waals surface area contributed by atoms with Gasteiger partial charge in [-0.05, 0) is 43.7 Å². The summed E-state index contributed by atoms with van der Waals surface area (Å²) in [7, 11) is 0. The van der Waals surface area contributed by atoms with Crippen LogP contribution in [0.3, 0.4) is 0 Å². The lowest BCUT2D eigenvalue weighted by atomic mass is 9.92. The Morgan fingerprint density at radius 3 is 2.74 bits per heavy atom. The van der Waals surface area contributed by atoms with Gasteiger partial charge in [-0.2, -0.15) is 4.98 Å². The molecule has 120 valence electrons. The first-order chi connectivity index (χ1) is 11.1. The molecule has 2 aromatic heterocycles. The topological polar surface area (TPSA) is 92.4 Å². The van der Waals surface area contributed by atoms with E-state index in [9.17, 15) is 9.90 Å². The molecule has 1 N–H and O–H groups in total. The van der Waals surface area contributed by atoms with E-state index in [1.807, 2.05) is 12.1 Å². The molecule has 2 atom stereocenters. The molecule has 3 heterocycles. The third-order valence-electron chi connectivity index (χ3n) is 4.76. The SMILES string of the molecule is Cc1noc(-c2ccc(N3C[C@@H](C(=O)O)[C@H](C4CC4)C3)nc2)n1. The predicted molar refractivity (Wildman–Crippen MR) is 81.8 cm³/mol. The Kier molecular flexibility index (Phi) is 3.28. The molecule has 0 radical (unpaired) electrons. The summed E-state index contributed by atoms with van der Waals surface area (Å²) in [6.07, 6.45) is 4.01. The van der Waals surface area contributed by atoms with E-state index in [4.69, 9.17) is 4.52 Å². The first-order valence-corrected chi connectivity index (χ1v) is 7.86. The average molecular weight is 314 g/mol. The molecule has 1 aliphatic carbocycles. The summed E-state index contributed by atoms with van der Waals surface area (Å²) in [4.78, 5) is 22.2. The van der Waals surface area contributed by atoms with E-state index in [2.05, 4.69) is 20.0 Å². The Hall–Kier alpha value is -2.44. The molecule has 7 nitrogen and oxygen atoms in total. The number of aromatic nitrogens is 3. The van der Waals surface area contributed by atoms with Gasteiger partial charge in [0.1, 0.15) is 5.82 Å². The highest BCUT2D eigenvalue weighted by atomic mass is 16.5. The van der Waals surface area contributed by atoms with Crippen LogP contribution in [0.4, 0.5) is 5.82 Å². The van der Waals surface area contributed by atoms with Crippen LogP contribution < -0.4 is 4.90 Å². The Balaban J connectivity index is 1.53. The van der Waals surface area contributed by atoms with Gasteiger partial charge < -0.3 is 14.5 Å². The highest BCUT2D eigenvalue weighted by Gasteiger charge is 2.45. The summed E-state index contributed by atoms with van der Waals surface area (Å²) >= 11 is 0. The third-order valence-corrected chi connectivity index (χ3v) is 4.76. The molecule has 0 spiro atoms. The highest BCUT2D eigenvalue weighted by Crippen LogP contribution is 2.44. The van der Waals surface area contributed by atoms with Gasteiger partial charge in [-0.25, -0.2) is 4.98 Å². The number of anilines is 1. The van der Waals surface area contributed by atoms with Crippen LogP contribution in [0.5, 0.6) is 0 Å². The smallest absolute Gasteiger partial charge is 0.308 e. The Morgan fingerprint density at radius 1 is 1.35 bits per heavy atom. The van der Waals surface area contributed by atoms with E-state index in [1.165, 1.54) is 0 Å². The number of aryl methyl sites for hydroxylation is 1. The van der Waals surface area contributed by atoms with Crippen LogP contribution >= 0.6 is 0 Å². The van der Waals surface area contributed by atoms with Crippen LogP contribution in [0.25, 0.3) is 11.5 Å². The van der Waals surface area contributed by atoms with Gasteiger partial charge in [-0.1, -0.05) is 5.16 Å². The average Bonchev–Trinajstić information content (AvgIpc) is 3.14. The number of carboxylic acids is 1. The van der Waals surface area contributed by atoms with Gasteiger partial charge in [-0.3, -0.25) is 4.79 Å². The van der Waals surface area contributed by atoms with Crippen LogP contribution in [0.15, 0.2) is 22.9 Å². The molecule has 0 amide bonds. The second-order valence-corrected chi connectivity index (χ2v) is 6.40. The minimum atomic E-state index is -0.692. The fourth-order valence-corrected chi connectivity index (χ4v) is 3.39. The molecule has 7 heteroatoms. The van der Waals surface area contributed by atoms with Gasteiger partial charge in [0.25, 0.3) is 5.89 Å². The minimum absolute atomic E-state index is 0.243. The van der Waals surface area contributed by atoms with Crippen molar-refractivity contribution in [2.24, 2.45) is 17.8 Å². The Labute approximate surface area is 133 Å². The monoisotopic (exact) mass is 314 g/mol. The Morgan fingerprint density at radius 2 is 2.17 bits per heavy atom. The summed E-state index contributed by atoms with van der Waals surface area (Å²) < 4.78 is 5.13. The molecule has 0 bridgehead atoms. The van der Waals surface area contributed by atoms with Crippen molar-refractivity contribution in [2.75, 3.05) is 18.0 Å². The van der Waals surface area contributed by atoms with Crippen molar-refractivity contribution in [2.45, 2.75) is 19.8 Å². The van der Waals surface area contributed by atoms with Crippen LogP contribution in [-0.4, -0.2) is 39.3 Å². The zero-order valence-corrected chi connectivity index (χ0v) is 12.8. The maximum absolute atomic E-state index is 11.5. The van der Waals surface area contributed by atoms with Crippen molar-refractivity contribution >= 4 is 11.8 Å². The maximum atomic E-state index is 11.5. The summed E-state index contributed by atoms with van der Waals surface area (Å²) in [5.41, 5.74) is 0.766. The van der Waals surface area contributed by atoms with E-state index in [0.717, 1.165) is 30.8 Å². The first kappa shape index (κ1) is 14.2. The largest absolute Gasteiger partial charge is 0.481 e. The number of hydrogen-bond acceptors (Lipinski definition) is 6. The van der Waals surface area contributed by atoms with E-state index >= 15 is 0 Å². The second kappa shape index (κ2) is 5.33. The van der Waals surface area contributed by atoms with Crippen LogP contribution in [-0.2, 0) is 4.79 Å². The van der Waals surface area contributed by atoms with Crippen molar-refractivity contribution < 1.29 is 14.4 Å². The molecule has 4 rings (SSSR count). The molecule has 2 aliphatic rings.